The van der Waals surface area contributed by atoms with Gasteiger partial charge in [-0.2, -0.15) is 0 Å². The van der Waals surface area contributed by atoms with Crippen molar-refractivity contribution in [1.29, 1.82) is 0 Å². The summed E-state index contributed by atoms with van der Waals surface area (Å²) < 4.78 is 0. The van der Waals surface area contributed by atoms with Crippen LogP contribution in [-0.4, -0.2) is 37.5 Å². The van der Waals surface area contributed by atoms with Crippen molar-refractivity contribution < 1.29 is 4.79 Å². The van der Waals surface area contributed by atoms with Crippen molar-refractivity contribution in [2.24, 2.45) is 5.41 Å². The van der Waals surface area contributed by atoms with E-state index in [4.69, 9.17) is 0 Å². The molecule has 0 aromatic heterocycles. The summed E-state index contributed by atoms with van der Waals surface area (Å²) in [5.41, 5.74) is 0.165. The van der Waals surface area contributed by atoms with E-state index in [9.17, 15) is 4.79 Å². The summed E-state index contributed by atoms with van der Waals surface area (Å²) in [5.74, 6) is 0.150. The lowest BCUT2D eigenvalue weighted by atomic mass is 9.96. The molecule has 0 aliphatic carbocycles. The lowest BCUT2D eigenvalue weighted by Crippen LogP contribution is -2.44. The van der Waals surface area contributed by atoms with Crippen molar-refractivity contribution >= 4 is 5.91 Å². The lowest BCUT2D eigenvalue weighted by molar-refractivity contribution is -0.132. The zero-order valence-corrected chi connectivity index (χ0v) is 9.64. The third kappa shape index (κ3) is 4.88. The molecule has 1 unspecified atom stereocenters. The molecule has 78 valence electrons. The quantitative estimate of drug-likeness (QED) is 0.716. The van der Waals surface area contributed by atoms with Gasteiger partial charge in [0, 0.05) is 13.6 Å². The van der Waals surface area contributed by atoms with Gasteiger partial charge in [0.2, 0.25) is 5.91 Å². The molecular weight excluding hydrogens is 164 g/mol. The molecule has 3 heteroatoms. The summed E-state index contributed by atoms with van der Waals surface area (Å²) in [7, 11) is 3.65. The standard InChI is InChI=1S/C10H22N2O/c1-8(11-5)9(13)12(6)7-10(2,3)4/h8,11H,7H2,1-6H3. The normalized spacial score (nSPS) is 14.0. The van der Waals surface area contributed by atoms with Gasteiger partial charge in [0.1, 0.15) is 0 Å². The molecule has 0 radical (unpaired) electrons. The van der Waals surface area contributed by atoms with E-state index >= 15 is 0 Å². The molecule has 3 nitrogen and oxygen atoms in total. The zero-order chi connectivity index (χ0) is 10.6. The molecule has 1 N–H and O–H groups in total. The first-order chi connectivity index (χ1) is 5.78. The van der Waals surface area contributed by atoms with Crippen LogP contribution in [0.1, 0.15) is 27.7 Å². The third-order valence-corrected chi connectivity index (χ3v) is 1.89. The Morgan fingerprint density at radius 1 is 1.46 bits per heavy atom. The highest BCUT2D eigenvalue weighted by atomic mass is 16.2. The Hall–Kier alpha value is -0.570. The van der Waals surface area contributed by atoms with Crippen LogP contribution in [0.25, 0.3) is 0 Å². The van der Waals surface area contributed by atoms with Gasteiger partial charge in [0.25, 0.3) is 0 Å². The largest absolute Gasteiger partial charge is 0.344 e. The molecule has 0 spiro atoms. The van der Waals surface area contributed by atoms with E-state index in [0.29, 0.717) is 0 Å². The van der Waals surface area contributed by atoms with E-state index in [1.807, 2.05) is 14.0 Å². The van der Waals surface area contributed by atoms with Crippen LogP contribution in [0.3, 0.4) is 0 Å². The van der Waals surface area contributed by atoms with E-state index in [0.717, 1.165) is 6.54 Å². The average molecular weight is 186 g/mol. The van der Waals surface area contributed by atoms with Crippen molar-refractivity contribution in [2.75, 3.05) is 20.6 Å². The smallest absolute Gasteiger partial charge is 0.239 e. The fraction of sp³-hybridized carbons (Fsp3) is 0.900. The van der Waals surface area contributed by atoms with Gasteiger partial charge in [-0.25, -0.2) is 0 Å². The SMILES string of the molecule is CNC(C)C(=O)N(C)CC(C)(C)C. The van der Waals surface area contributed by atoms with Crippen molar-refractivity contribution in [2.45, 2.75) is 33.7 Å². The fourth-order valence-corrected chi connectivity index (χ4v) is 1.24. The first-order valence-electron chi connectivity index (χ1n) is 4.70. The average Bonchev–Trinajstić information content (AvgIpc) is 1.98. The minimum absolute atomic E-state index is 0.0904. The van der Waals surface area contributed by atoms with Crippen LogP contribution in [0, 0.1) is 5.41 Å². The number of likely N-dealkylation sites (N-methyl/N-ethyl adjacent to an activating group) is 2. The Balaban J connectivity index is 4.12. The topological polar surface area (TPSA) is 32.3 Å². The number of rotatable bonds is 3. The van der Waals surface area contributed by atoms with Crippen molar-refractivity contribution in [1.82, 2.24) is 10.2 Å². The summed E-state index contributed by atoms with van der Waals surface area (Å²) in [6, 6.07) is -0.0904. The molecule has 0 aromatic carbocycles. The fourth-order valence-electron chi connectivity index (χ4n) is 1.24. The Morgan fingerprint density at radius 2 is 1.92 bits per heavy atom. The van der Waals surface area contributed by atoms with Crippen LogP contribution in [-0.2, 0) is 4.79 Å². The molecule has 0 aliphatic rings. The van der Waals surface area contributed by atoms with Gasteiger partial charge in [-0.15, -0.1) is 0 Å². The van der Waals surface area contributed by atoms with Crippen LogP contribution in [0.4, 0.5) is 0 Å². The molecule has 0 heterocycles. The summed E-state index contributed by atoms with van der Waals surface area (Å²) >= 11 is 0. The molecule has 1 amide bonds. The minimum Gasteiger partial charge on any atom is -0.344 e. The van der Waals surface area contributed by atoms with Crippen LogP contribution in [0.2, 0.25) is 0 Å². The minimum atomic E-state index is -0.0904. The first kappa shape index (κ1) is 12.4. The summed E-state index contributed by atoms with van der Waals surface area (Å²) in [5, 5.41) is 2.94. The Bertz CT molecular complexity index is 172. The van der Waals surface area contributed by atoms with Crippen LogP contribution in [0.5, 0.6) is 0 Å². The van der Waals surface area contributed by atoms with Crippen molar-refractivity contribution in [3.8, 4) is 0 Å². The van der Waals surface area contributed by atoms with Crippen LogP contribution < -0.4 is 5.32 Å². The number of nitrogens with one attached hydrogen (secondary N) is 1. The monoisotopic (exact) mass is 186 g/mol. The first-order valence-corrected chi connectivity index (χ1v) is 4.70. The zero-order valence-electron chi connectivity index (χ0n) is 9.64. The summed E-state index contributed by atoms with van der Waals surface area (Å²) in [6.07, 6.45) is 0. The Labute approximate surface area is 81.5 Å². The van der Waals surface area contributed by atoms with E-state index in [1.54, 1.807) is 11.9 Å². The van der Waals surface area contributed by atoms with Gasteiger partial charge in [0.05, 0.1) is 6.04 Å². The molecule has 0 rings (SSSR count). The van der Waals surface area contributed by atoms with Gasteiger partial charge in [-0.3, -0.25) is 4.79 Å². The number of nitrogens with zero attached hydrogens (tertiary/aromatic N) is 1. The predicted octanol–water partition coefficient (Wildman–Crippen LogP) is 1.10. The third-order valence-electron chi connectivity index (χ3n) is 1.89. The molecule has 0 saturated carbocycles. The number of carbonyl (C=O) groups is 1. The summed E-state index contributed by atoms with van der Waals surface area (Å²) in [4.78, 5) is 13.4. The van der Waals surface area contributed by atoms with Gasteiger partial charge in [-0.1, -0.05) is 20.8 Å². The molecule has 0 bridgehead atoms. The second-order valence-electron chi connectivity index (χ2n) is 4.77. The molecule has 0 aromatic rings. The lowest BCUT2D eigenvalue weighted by Gasteiger charge is -2.28. The predicted molar refractivity (Wildman–Crippen MR) is 55.6 cm³/mol. The second-order valence-corrected chi connectivity index (χ2v) is 4.77. The number of hydrogen-bond donors (Lipinski definition) is 1. The molecule has 0 saturated heterocycles. The number of carbonyl (C=O) groups excluding carboxylic acids is 1. The maximum absolute atomic E-state index is 11.6. The highest BCUT2D eigenvalue weighted by Crippen LogP contribution is 2.14. The second kappa shape index (κ2) is 4.61. The van der Waals surface area contributed by atoms with E-state index in [-0.39, 0.29) is 17.4 Å². The maximum atomic E-state index is 11.6. The maximum Gasteiger partial charge on any atom is 0.239 e. The van der Waals surface area contributed by atoms with Crippen LogP contribution >= 0.6 is 0 Å². The number of amides is 1. The highest BCUT2D eigenvalue weighted by molar-refractivity contribution is 5.81. The van der Waals surface area contributed by atoms with Gasteiger partial charge in [-0.05, 0) is 19.4 Å². The van der Waals surface area contributed by atoms with E-state index in [2.05, 4.69) is 26.1 Å². The van der Waals surface area contributed by atoms with Gasteiger partial charge in [0.15, 0.2) is 0 Å². The number of hydrogen-bond acceptors (Lipinski definition) is 2. The molecule has 0 aliphatic heterocycles. The van der Waals surface area contributed by atoms with Crippen molar-refractivity contribution in [3.05, 3.63) is 0 Å². The Kier molecular flexibility index (Phi) is 4.40. The Morgan fingerprint density at radius 3 is 2.23 bits per heavy atom. The van der Waals surface area contributed by atoms with E-state index in [1.165, 1.54) is 0 Å². The highest BCUT2D eigenvalue weighted by Gasteiger charge is 2.20. The van der Waals surface area contributed by atoms with Crippen molar-refractivity contribution in [3.63, 3.8) is 0 Å². The molecular formula is C10H22N2O. The van der Waals surface area contributed by atoms with Gasteiger partial charge < -0.3 is 10.2 Å². The molecule has 13 heavy (non-hydrogen) atoms. The van der Waals surface area contributed by atoms with E-state index < -0.39 is 0 Å². The molecule has 0 fully saturated rings. The molecule has 1 atom stereocenters. The van der Waals surface area contributed by atoms with Crippen LogP contribution in [0.15, 0.2) is 0 Å². The summed E-state index contributed by atoms with van der Waals surface area (Å²) in [6.45, 7) is 9.04. The van der Waals surface area contributed by atoms with Gasteiger partial charge >= 0.3 is 0 Å².